The molecule has 0 spiro atoms. The molecule has 1 N–H and O–H groups in total. The highest BCUT2D eigenvalue weighted by Gasteiger charge is 2.23. The topological polar surface area (TPSA) is 91.6 Å². The standard InChI is InChI=1S/C20H27N5O3/c1-4-17-22-18(28-23-17)13-24(5-2)20(27)21-16-10-8-9-15(14(16)3)19(26)25-11-6-7-12-25/h8-10H,4-7,11-13H2,1-3H3,(H,21,27). The van der Waals surface area contributed by atoms with Gasteiger partial charge in [0.2, 0.25) is 5.89 Å². The summed E-state index contributed by atoms with van der Waals surface area (Å²) in [5.41, 5.74) is 2.04. The summed E-state index contributed by atoms with van der Waals surface area (Å²) >= 11 is 0. The maximum atomic E-state index is 12.7. The highest BCUT2D eigenvalue weighted by Crippen LogP contribution is 2.22. The Labute approximate surface area is 164 Å². The number of rotatable bonds is 6. The average molecular weight is 385 g/mol. The minimum Gasteiger partial charge on any atom is -0.339 e. The fourth-order valence-electron chi connectivity index (χ4n) is 3.28. The fraction of sp³-hybridized carbons (Fsp3) is 0.500. The molecule has 1 fully saturated rings. The third-order valence-corrected chi connectivity index (χ3v) is 5.02. The summed E-state index contributed by atoms with van der Waals surface area (Å²) in [4.78, 5) is 33.2. The second-order valence-electron chi connectivity index (χ2n) is 6.88. The van der Waals surface area contributed by atoms with Gasteiger partial charge in [0.1, 0.15) is 6.54 Å². The van der Waals surface area contributed by atoms with Crippen molar-refractivity contribution >= 4 is 17.6 Å². The number of carbonyl (C=O) groups is 2. The van der Waals surface area contributed by atoms with Crippen LogP contribution in [0.3, 0.4) is 0 Å². The summed E-state index contributed by atoms with van der Waals surface area (Å²) in [5, 5.41) is 6.78. The Bertz CT molecular complexity index is 842. The number of benzene rings is 1. The normalized spacial score (nSPS) is 13.6. The van der Waals surface area contributed by atoms with E-state index in [1.807, 2.05) is 37.8 Å². The van der Waals surface area contributed by atoms with Gasteiger partial charge in [-0.15, -0.1) is 0 Å². The molecule has 0 aliphatic carbocycles. The minimum absolute atomic E-state index is 0.0244. The molecule has 150 valence electrons. The van der Waals surface area contributed by atoms with Crippen molar-refractivity contribution in [2.45, 2.75) is 46.6 Å². The number of nitrogens with zero attached hydrogens (tertiary/aromatic N) is 4. The van der Waals surface area contributed by atoms with E-state index in [1.54, 1.807) is 11.0 Å². The molecule has 0 unspecified atom stereocenters. The number of likely N-dealkylation sites (tertiary alicyclic amines) is 1. The first kappa shape index (κ1) is 19.9. The van der Waals surface area contributed by atoms with Crippen molar-refractivity contribution in [1.29, 1.82) is 0 Å². The molecule has 1 aromatic heterocycles. The first-order valence-corrected chi connectivity index (χ1v) is 9.79. The van der Waals surface area contributed by atoms with Gasteiger partial charge >= 0.3 is 6.03 Å². The maximum absolute atomic E-state index is 12.7. The number of carbonyl (C=O) groups excluding carboxylic acids is 2. The third-order valence-electron chi connectivity index (χ3n) is 5.02. The molecule has 0 bridgehead atoms. The summed E-state index contributed by atoms with van der Waals surface area (Å²) < 4.78 is 5.19. The SMILES string of the molecule is CCc1noc(CN(CC)C(=O)Nc2cccc(C(=O)N3CCCC3)c2C)n1. The second-order valence-corrected chi connectivity index (χ2v) is 6.88. The number of hydrogen-bond acceptors (Lipinski definition) is 5. The van der Waals surface area contributed by atoms with E-state index in [2.05, 4.69) is 15.5 Å². The van der Waals surface area contributed by atoms with Gasteiger partial charge in [0.25, 0.3) is 5.91 Å². The Morgan fingerprint density at radius 3 is 2.64 bits per heavy atom. The molecule has 8 heteroatoms. The molecular weight excluding hydrogens is 358 g/mol. The lowest BCUT2D eigenvalue weighted by atomic mass is 10.1. The van der Waals surface area contributed by atoms with Crippen molar-refractivity contribution in [3.8, 4) is 0 Å². The number of amides is 3. The summed E-state index contributed by atoms with van der Waals surface area (Å²) in [6, 6.07) is 5.15. The first-order chi connectivity index (χ1) is 13.5. The van der Waals surface area contributed by atoms with Crippen LogP contribution in [0.2, 0.25) is 0 Å². The first-order valence-electron chi connectivity index (χ1n) is 9.79. The number of nitrogens with one attached hydrogen (secondary N) is 1. The number of anilines is 1. The van der Waals surface area contributed by atoms with E-state index in [0.29, 0.717) is 35.9 Å². The van der Waals surface area contributed by atoms with Crippen LogP contribution in [0.1, 0.15) is 54.3 Å². The van der Waals surface area contributed by atoms with Crippen LogP contribution in [0.15, 0.2) is 22.7 Å². The van der Waals surface area contributed by atoms with E-state index in [0.717, 1.165) is 31.5 Å². The van der Waals surface area contributed by atoms with Crippen LogP contribution in [-0.4, -0.2) is 51.5 Å². The molecule has 0 radical (unpaired) electrons. The maximum Gasteiger partial charge on any atom is 0.322 e. The van der Waals surface area contributed by atoms with Crippen molar-refractivity contribution in [3.63, 3.8) is 0 Å². The Balaban J connectivity index is 1.71. The predicted octanol–water partition coefficient (Wildman–Crippen LogP) is 3.23. The van der Waals surface area contributed by atoms with Gasteiger partial charge in [-0.3, -0.25) is 4.79 Å². The van der Waals surface area contributed by atoms with Crippen LogP contribution in [0.4, 0.5) is 10.5 Å². The van der Waals surface area contributed by atoms with Gasteiger partial charge < -0.3 is 19.6 Å². The largest absolute Gasteiger partial charge is 0.339 e. The predicted molar refractivity (Wildman–Crippen MR) is 105 cm³/mol. The zero-order valence-electron chi connectivity index (χ0n) is 16.7. The van der Waals surface area contributed by atoms with Crippen molar-refractivity contribution in [1.82, 2.24) is 19.9 Å². The Hall–Kier alpha value is -2.90. The van der Waals surface area contributed by atoms with Gasteiger partial charge in [-0.05, 0) is 44.4 Å². The van der Waals surface area contributed by atoms with Gasteiger partial charge in [-0.25, -0.2) is 4.79 Å². The molecule has 0 atom stereocenters. The number of hydrogen-bond donors (Lipinski definition) is 1. The van der Waals surface area contributed by atoms with Crippen LogP contribution in [0, 0.1) is 6.92 Å². The molecular formula is C20H27N5O3. The molecule has 2 aromatic rings. The summed E-state index contributed by atoms with van der Waals surface area (Å²) in [6.45, 7) is 8.00. The Morgan fingerprint density at radius 2 is 2.00 bits per heavy atom. The van der Waals surface area contributed by atoms with Crippen molar-refractivity contribution < 1.29 is 14.1 Å². The average Bonchev–Trinajstić information content (AvgIpc) is 3.39. The van der Waals surface area contributed by atoms with Gasteiger partial charge in [0.15, 0.2) is 5.82 Å². The molecule has 3 amide bonds. The highest BCUT2D eigenvalue weighted by molar-refractivity contribution is 5.99. The fourth-order valence-corrected chi connectivity index (χ4v) is 3.28. The molecule has 1 saturated heterocycles. The van der Waals surface area contributed by atoms with Gasteiger partial charge in [0.05, 0.1) is 0 Å². The summed E-state index contributed by atoms with van der Waals surface area (Å²) in [6.07, 6.45) is 2.77. The van der Waals surface area contributed by atoms with Gasteiger partial charge in [-0.1, -0.05) is 18.1 Å². The minimum atomic E-state index is -0.271. The monoisotopic (exact) mass is 385 g/mol. The zero-order valence-corrected chi connectivity index (χ0v) is 16.7. The number of urea groups is 1. The van der Waals surface area contributed by atoms with E-state index >= 15 is 0 Å². The van der Waals surface area contributed by atoms with E-state index < -0.39 is 0 Å². The molecule has 1 aliphatic heterocycles. The lowest BCUT2D eigenvalue weighted by Crippen LogP contribution is -2.35. The van der Waals surface area contributed by atoms with Crippen molar-refractivity contribution in [3.05, 3.63) is 41.0 Å². The van der Waals surface area contributed by atoms with Crippen LogP contribution < -0.4 is 5.32 Å². The molecule has 1 aromatic carbocycles. The Kier molecular flexibility index (Phi) is 6.28. The molecule has 28 heavy (non-hydrogen) atoms. The molecule has 0 saturated carbocycles. The van der Waals surface area contributed by atoms with E-state index in [4.69, 9.17) is 4.52 Å². The van der Waals surface area contributed by atoms with Gasteiger partial charge in [-0.2, -0.15) is 4.98 Å². The second kappa shape index (κ2) is 8.86. The van der Waals surface area contributed by atoms with E-state index in [9.17, 15) is 9.59 Å². The number of aryl methyl sites for hydroxylation is 1. The van der Waals surface area contributed by atoms with Gasteiger partial charge in [0, 0.05) is 37.3 Å². The summed E-state index contributed by atoms with van der Waals surface area (Å²) in [5.74, 6) is 1.05. The van der Waals surface area contributed by atoms with Crippen LogP contribution in [0.25, 0.3) is 0 Å². The van der Waals surface area contributed by atoms with Crippen molar-refractivity contribution in [2.75, 3.05) is 25.0 Å². The molecule has 1 aliphatic rings. The molecule has 8 nitrogen and oxygen atoms in total. The number of aromatic nitrogens is 2. The van der Waals surface area contributed by atoms with Crippen LogP contribution in [0.5, 0.6) is 0 Å². The lowest BCUT2D eigenvalue weighted by Gasteiger charge is -2.22. The zero-order chi connectivity index (χ0) is 20.1. The molecule has 3 rings (SSSR count). The van der Waals surface area contributed by atoms with E-state index in [1.165, 1.54) is 0 Å². The lowest BCUT2D eigenvalue weighted by molar-refractivity contribution is 0.0792. The van der Waals surface area contributed by atoms with Crippen molar-refractivity contribution in [2.24, 2.45) is 0 Å². The summed E-state index contributed by atoms with van der Waals surface area (Å²) in [7, 11) is 0. The smallest absolute Gasteiger partial charge is 0.322 e. The molecule has 2 heterocycles. The van der Waals surface area contributed by atoms with Crippen LogP contribution in [-0.2, 0) is 13.0 Å². The van der Waals surface area contributed by atoms with E-state index in [-0.39, 0.29) is 18.5 Å². The highest BCUT2D eigenvalue weighted by atomic mass is 16.5. The quantitative estimate of drug-likeness (QED) is 0.824. The van der Waals surface area contributed by atoms with Crippen LogP contribution >= 0.6 is 0 Å². The third kappa shape index (κ3) is 4.32. The Morgan fingerprint density at radius 1 is 1.25 bits per heavy atom.